The molecule has 0 saturated carbocycles. The highest BCUT2D eigenvalue weighted by atomic mass is 16.3. The fourth-order valence-corrected chi connectivity index (χ4v) is 2.42. The molecule has 90 valence electrons. The van der Waals surface area contributed by atoms with Crippen LogP contribution in [0.4, 0.5) is 0 Å². The van der Waals surface area contributed by atoms with Gasteiger partial charge in [-0.1, -0.05) is 13.3 Å². The molecule has 2 heterocycles. The maximum absolute atomic E-state index is 5.57. The van der Waals surface area contributed by atoms with Gasteiger partial charge in [0.1, 0.15) is 5.76 Å². The van der Waals surface area contributed by atoms with E-state index in [9.17, 15) is 0 Å². The topological polar surface area (TPSA) is 28.4 Å². The third-order valence-corrected chi connectivity index (χ3v) is 3.42. The van der Waals surface area contributed by atoms with Crippen molar-refractivity contribution in [1.82, 2.24) is 10.2 Å². The minimum atomic E-state index is 0.890. The van der Waals surface area contributed by atoms with Gasteiger partial charge >= 0.3 is 0 Å². The zero-order valence-corrected chi connectivity index (χ0v) is 10.3. The largest absolute Gasteiger partial charge is 0.468 e. The molecular formula is C13H22N2O. The molecule has 0 aromatic carbocycles. The summed E-state index contributed by atoms with van der Waals surface area (Å²) in [5, 5.41) is 3.13. The minimum Gasteiger partial charge on any atom is -0.468 e. The Bertz CT molecular complexity index is 321. The third-order valence-electron chi connectivity index (χ3n) is 3.42. The summed E-state index contributed by atoms with van der Waals surface area (Å²) in [6.45, 7) is 6.60. The van der Waals surface area contributed by atoms with E-state index in [0.29, 0.717) is 0 Å². The monoisotopic (exact) mass is 222 g/mol. The fraction of sp³-hybridized carbons (Fsp3) is 0.692. The van der Waals surface area contributed by atoms with Crippen LogP contribution in [-0.2, 0) is 13.1 Å². The van der Waals surface area contributed by atoms with Crippen LogP contribution in [0.3, 0.4) is 0 Å². The van der Waals surface area contributed by atoms with Crippen molar-refractivity contribution in [3.05, 3.63) is 23.7 Å². The number of rotatable bonds is 5. The van der Waals surface area contributed by atoms with Crippen LogP contribution < -0.4 is 5.32 Å². The van der Waals surface area contributed by atoms with E-state index in [0.717, 1.165) is 24.8 Å². The van der Waals surface area contributed by atoms with Crippen molar-refractivity contribution >= 4 is 0 Å². The van der Waals surface area contributed by atoms with Gasteiger partial charge in [-0.2, -0.15) is 0 Å². The number of furan rings is 1. The molecule has 3 heteroatoms. The quantitative estimate of drug-likeness (QED) is 0.828. The van der Waals surface area contributed by atoms with E-state index in [-0.39, 0.29) is 0 Å². The Labute approximate surface area is 97.8 Å². The van der Waals surface area contributed by atoms with Gasteiger partial charge in [0.2, 0.25) is 0 Å². The highest BCUT2D eigenvalue weighted by molar-refractivity contribution is 5.12. The lowest BCUT2D eigenvalue weighted by molar-refractivity contribution is 0.285. The van der Waals surface area contributed by atoms with Crippen LogP contribution in [0.15, 0.2) is 16.7 Å². The van der Waals surface area contributed by atoms with Crippen molar-refractivity contribution in [3.63, 3.8) is 0 Å². The second kappa shape index (κ2) is 5.51. The van der Waals surface area contributed by atoms with Gasteiger partial charge in [-0.3, -0.25) is 4.90 Å². The summed E-state index contributed by atoms with van der Waals surface area (Å²) >= 11 is 0. The van der Waals surface area contributed by atoms with Gasteiger partial charge < -0.3 is 9.73 Å². The molecule has 0 aliphatic carbocycles. The second-order valence-electron chi connectivity index (χ2n) is 4.75. The summed E-state index contributed by atoms with van der Waals surface area (Å²) in [6.07, 6.45) is 4.51. The highest BCUT2D eigenvalue weighted by Gasteiger charge is 2.21. The van der Waals surface area contributed by atoms with Crippen molar-refractivity contribution < 1.29 is 4.42 Å². The lowest BCUT2D eigenvalue weighted by atomic mass is 10.1. The number of likely N-dealkylation sites (tertiary alicyclic amines) is 1. The molecule has 1 aliphatic heterocycles. The second-order valence-corrected chi connectivity index (χ2v) is 4.75. The van der Waals surface area contributed by atoms with Crippen LogP contribution in [-0.4, -0.2) is 25.0 Å². The smallest absolute Gasteiger partial charge is 0.118 e. The Hall–Kier alpha value is -0.800. The van der Waals surface area contributed by atoms with Crippen LogP contribution in [0.25, 0.3) is 0 Å². The summed E-state index contributed by atoms with van der Waals surface area (Å²) in [5.41, 5.74) is 1.24. The molecule has 1 aliphatic rings. The first kappa shape index (κ1) is 11.7. The van der Waals surface area contributed by atoms with E-state index in [2.05, 4.69) is 23.2 Å². The van der Waals surface area contributed by atoms with Gasteiger partial charge in [0.15, 0.2) is 0 Å². The molecular weight excluding hydrogens is 200 g/mol. The van der Waals surface area contributed by atoms with Gasteiger partial charge in [-0.25, -0.2) is 0 Å². The van der Waals surface area contributed by atoms with Crippen molar-refractivity contribution in [1.29, 1.82) is 0 Å². The van der Waals surface area contributed by atoms with Gasteiger partial charge in [0.25, 0.3) is 0 Å². The van der Waals surface area contributed by atoms with E-state index >= 15 is 0 Å². The molecule has 0 amide bonds. The molecule has 1 aromatic rings. The van der Waals surface area contributed by atoms with Crippen LogP contribution >= 0.6 is 0 Å². The summed E-state index contributed by atoms with van der Waals surface area (Å²) in [5.74, 6) is 1.99. The van der Waals surface area contributed by atoms with E-state index in [1.54, 1.807) is 0 Å². The van der Waals surface area contributed by atoms with Crippen molar-refractivity contribution in [3.8, 4) is 0 Å². The average molecular weight is 222 g/mol. The summed E-state index contributed by atoms with van der Waals surface area (Å²) in [7, 11) is 1.96. The molecule has 3 nitrogen and oxygen atoms in total. The van der Waals surface area contributed by atoms with E-state index in [4.69, 9.17) is 4.42 Å². The zero-order chi connectivity index (χ0) is 11.4. The molecule has 2 rings (SSSR count). The first-order valence-electron chi connectivity index (χ1n) is 6.25. The average Bonchev–Trinajstić information content (AvgIpc) is 2.89. The standard InChI is InChI=1S/C13H22N2O/c1-3-11-4-5-15(8-11)9-13-6-12(7-14-2)10-16-13/h6,10-11,14H,3-5,7-9H2,1-2H3. The summed E-state index contributed by atoms with van der Waals surface area (Å²) in [4.78, 5) is 2.50. The number of hydrogen-bond donors (Lipinski definition) is 1. The van der Waals surface area contributed by atoms with Gasteiger partial charge in [0.05, 0.1) is 12.8 Å². The molecule has 0 spiro atoms. The van der Waals surface area contributed by atoms with Crippen molar-refractivity contribution in [2.24, 2.45) is 5.92 Å². The van der Waals surface area contributed by atoms with Gasteiger partial charge in [0, 0.05) is 18.7 Å². The Morgan fingerprint density at radius 1 is 1.56 bits per heavy atom. The highest BCUT2D eigenvalue weighted by Crippen LogP contribution is 2.21. The zero-order valence-electron chi connectivity index (χ0n) is 10.3. The molecule has 0 radical (unpaired) electrons. The summed E-state index contributed by atoms with van der Waals surface area (Å²) < 4.78 is 5.57. The SMILES string of the molecule is CCC1CCN(Cc2cc(CNC)co2)C1. The fourth-order valence-electron chi connectivity index (χ4n) is 2.42. The lowest BCUT2D eigenvalue weighted by Crippen LogP contribution is -2.19. The lowest BCUT2D eigenvalue weighted by Gasteiger charge is -2.13. The Balaban J connectivity index is 1.84. The van der Waals surface area contributed by atoms with E-state index in [1.165, 1.54) is 31.5 Å². The molecule has 1 aromatic heterocycles. The Kier molecular flexibility index (Phi) is 4.02. The molecule has 0 bridgehead atoms. The van der Waals surface area contributed by atoms with E-state index in [1.807, 2.05) is 13.3 Å². The van der Waals surface area contributed by atoms with E-state index < -0.39 is 0 Å². The van der Waals surface area contributed by atoms with Gasteiger partial charge in [-0.05, 0) is 32.0 Å². The van der Waals surface area contributed by atoms with Gasteiger partial charge in [-0.15, -0.1) is 0 Å². The molecule has 1 saturated heterocycles. The Morgan fingerprint density at radius 3 is 3.12 bits per heavy atom. The van der Waals surface area contributed by atoms with Crippen LogP contribution in [0.2, 0.25) is 0 Å². The number of nitrogens with one attached hydrogen (secondary N) is 1. The molecule has 1 N–H and O–H groups in total. The molecule has 1 unspecified atom stereocenters. The van der Waals surface area contributed by atoms with Crippen molar-refractivity contribution in [2.75, 3.05) is 20.1 Å². The summed E-state index contributed by atoms with van der Waals surface area (Å²) in [6, 6.07) is 2.16. The van der Waals surface area contributed by atoms with Crippen LogP contribution in [0.1, 0.15) is 31.1 Å². The van der Waals surface area contributed by atoms with Crippen LogP contribution in [0, 0.1) is 5.92 Å². The minimum absolute atomic E-state index is 0.890. The van der Waals surface area contributed by atoms with Crippen molar-refractivity contribution in [2.45, 2.75) is 32.9 Å². The maximum atomic E-state index is 5.57. The molecule has 1 atom stereocenters. The number of hydrogen-bond acceptors (Lipinski definition) is 3. The van der Waals surface area contributed by atoms with Crippen LogP contribution in [0.5, 0.6) is 0 Å². The normalized spacial score (nSPS) is 21.8. The molecule has 1 fully saturated rings. The first-order chi connectivity index (χ1) is 7.81. The predicted molar refractivity (Wildman–Crippen MR) is 65.1 cm³/mol. The molecule has 16 heavy (non-hydrogen) atoms. The Morgan fingerprint density at radius 2 is 2.44 bits per heavy atom. The maximum Gasteiger partial charge on any atom is 0.118 e. The predicted octanol–water partition coefficient (Wildman–Crippen LogP) is 2.23. The number of nitrogens with zero attached hydrogens (tertiary/aromatic N) is 1. The first-order valence-corrected chi connectivity index (χ1v) is 6.25. The third kappa shape index (κ3) is 2.86.